The molecule has 2 aromatic carbocycles. The molecule has 3 aromatic rings. The number of hydrogen-bond acceptors (Lipinski definition) is 7. The number of rotatable bonds is 5. The summed E-state index contributed by atoms with van der Waals surface area (Å²) in [7, 11) is 0. The van der Waals surface area contributed by atoms with Crippen molar-refractivity contribution in [1.82, 2.24) is 20.2 Å². The third-order valence-corrected chi connectivity index (χ3v) is 7.11. The Bertz CT molecular complexity index is 1390. The molecule has 1 saturated heterocycles. The van der Waals surface area contributed by atoms with Gasteiger partial charge in [-0.1, -0.05) is 12.1 Å². The Morgan fingerprint density at radius 2 is 1.81 bits per heavy atom. The number of piperidine rings is 1. The number of fused-ring (bicyclic) bond motifs is 2. The Balaban J connectivity index is 1.20. The number of carbonyl (C=O) groups excluding carboxylic acids is 3. The number of nitrogens with one attached hydrogen (secondary N) is 3. The van der Waals surface area contributed by atoms with Crippen LogP contribution in [0.3, 0.4) is 0 Å². The summed E-state index contributed by atoms with van der Waals surface area (Å²) in [5.41, 5.74) is 5.85. The van der Waals surface area contributed by atoms with E-state index in [2.05, 4.69) is 44.1 Å². The maximum absolute atomic E-state index is 13.1. The van der Waals surface area contributed by atoms with Gasteiger partial charge in [-0.2, -0.15) is 4.98 Å². The second-order valence-electron chi connectivity index (χ2n) is 9.44. The highest BCUT2D eigenvalue weighted by atomic mass is 16.2. The van der Waals surface area contributed by atoms with Crippen LogP contribution in [0.2, 0.25) is 0 Å². The summed E-state index contributed by atoms with van der Waals surface area (Å²) in [5.74, 6) is 0.137. The molecule has 9 nitrogen and oxygen atoms in total. The first-order valence-electron chi connectivity index (χ1n) is 12.3. The Morgan fingerprint density at radius 3 is 2.67 bits per heavy atom. The lowest BCUT2D eigenvalue weighted by Gasteiger charge is -2.29. The van der Waals surface area contributed by atoms with Crippen molar-refractivity contribution < 1.29 is 14.4 Å². The second-order valence-corrected chi connectivity index (χ2v) is 9.44. The fraction of sp³-hybridized carbons (Fsp3) is 0.296. The molecule has 0 saturated carbocycles. The van der Waals surface area contributed by atoms with E-state index < -0.39 is 11.9 Å². The summed E-state index contributed by atoms with van der Waals surface area (Å²) in [6, 6.07) is 13.0. The summed E-state index contributed by atoms with van der Waals surface area (Å²) >= 11 is 0. The van der Waals surface area contributed by atoms with Crippen molar-refractivity contribution in [2.75, 3.05) is 10.6 Å². The van der Waals surface area contributed by atoms with Crippen molar-refractivity contribution in [2.45, 2.75) is 51.1 Å². The zero-order chi connectivity index (χ0) is 24.6. The van der Waals surface area contributed by atoms with Gasteiger partial charge >= 0.3 is 0 Å². The quantitative estimate of drug-likeness (QED) is 0.476. The summed E-state index contributed by atoms with van der Waals surface area (Å²) in [6.45, 7) is 0.287. The molecule has 3 N–H and O–H groups in total. The van der Waals surface area contributed by atoms with Crippen molar-refractivity contribution in [3.8, 4) is 0 Å². The molecule has 3 aliphatic rings. The average molecular weight is 483 g/mol. The Labute approximate surface area is 208 Å². The van der Waals surface area contributed by atoms with Crippen molar-refractivity contribution in [1.29, 1.82) is 0 Å². The SMILES string of the molecule is O=C1CCC(N2Cc3c(Nc4ccnc(Nc5ccc6c(c5)CCCC6)n4)cccc3C2=O)C(=O)N1. The standard InChI is InChI=1S/C27H26N6O3/c34-24-11-10-22(25(35)32-24)33-15-20-19(26(33)36)6-3-7-21(20)30-23-12-13-28-27(31-23)29-18-9-8-16-4-1-2-5-17(16)14-18/h3,6-9,12-14,22H,1-2,4-5,10-11,15H2,(H,32,34,35)(H2,28,29,30,31). The van der Waals surface area contributed by atoms with Crippen LogP contribution in [-0.2, 0) is 29.0 Å². The molecule has 6 rings (SSSR count). The lowest BCUT2D eigenvalue weighted by Crippen LogP contribution is -2.52. The summed E-state index contributed by atoms with van der Waals surface area (Å²) in [4.78, 5) is 47.5. The highest BCUT2D eigenvalue weighted by molar-refractivity contribution is 6.06. The lowest BCUT2D eigenvalue weighted by molar-refractivity contribution is -0.136. The zero-order valence-corrected chi connectivity index (χ0v) is 19.7. The van der Waals surface area contributed by atoms with E-state index in [1.165, 1.54) is 24.0 Å². The third kappa shape index (κ3) is 4.17. The molecule has 0 radical (unpaired) electrons. The number of nitrogens with zero attached hydrogens (tertiary/aromatic N) is 3. The van der Waals surface area contributed by atoms with Gasteiger partial charge in [-0.15, -0.1) is 0 Å². The number of aryl methyl sites for hydroxylation is 2. The Kier molecular flexibility index (Phi) is 5.59. The van der Waals surface area contributed by atoms with Gasteiger partial charge in [-0.05, 0) is 73.6 Å². The minimum Gasteiger partial charge on any atom is -0.340 e. The zero-order valence-electron chi connectivity index (χ0n) is 19.7. The number of carbonyl (C=O) groups is 3. The van der Waals surface area contributed by atoms with Crippen molar-refractivity contribution in [3.63, 3.8) is 0 Å². The average Bonchev–Trinajstić information content (AvgIpc) is 3.21. The molecular formula is C27H26N6O3. The summed E-state index contributed by atoms with van der Waals surface area (Å²) in [6.07, 6.45) is 6.94. The fourth-order valence-electron chi connectivity index (χ4n) is 5.27. The molecule has 1 aliphatic carbocycles. The van der Waals surface area contributed by atoms with Crippen molar-refractivity contribution in [2.24, 2.45) is 0 Å². The normalized spacial score (nSPS) is 18.9. The van der Waals surface area contributed by atoms with Gasteiger partial charge in [0.1, 0.15) is 11.9 Å². The van der Waals surface area contributed by atoms with Crippen LogP contribution in [0.15, 0.2) is 48.7 Å². The maximum Gasteiger partial charge on any atom is 0.255 e. The largest absolute Gasteiger partial charge is 0.340 e. The van der Waals surface area contributed by atoms with Crippen LogP contribution >= 0.6 is 0 Å². The van der Waals surface area contributed by atoms with E-state index in [4.69, 9.17) is 0 Å². The Hall–Kier alpha value is -4.27. The first-order chi connectivity index (χ1) is 17.5. The smallest absolute Gasteiger partial charge is 0.255 e. The van der Waals surface area contributed by atoms with Gasteiger partial charge in [0.25, 0.3) is 5.91 Å². The number of anilines is 4. The van der Waals surface area contributed by atoms with Gasteiger partial charge < -0.3 is 15.5 Å². The predicted molar refractivity (Wildman–Crippen MR) is 134 cm³/mol. The molecule has 36 heavy (non-hydrogen) atoms. The Morgan fingerprint density at radius 1 is 0.944 bits per heavy atom. The van der Waals surface area contributed by atoms with Crippen LogP contribution in [0.1, 0.15) is 52.7 Å². The van der Waals surface area contributed by atoms with Gasteiger partial charge in [-0.25, -0.2) is 4.98 Å². The van der Waals surface area contributed by atoms with Crippen LogP contribution in [0.25, 0.3) is 0 Å². The van der Waals surface area contributed by atoms with Gasteiger partial charge in [0, 0.05) is 41.7 Å². The molecule has 1 unspecified atom stereocenters. The highest BCUT2D eigenvalue weighted by Crippen LogP contribution is 2.33. The van der Waals surface area contributed by atoms with Crippen molar-refractivity contribution in [3.05, 3.63) is 70.9 Å². The minimum atomic E-state index is -0.651. The van der Waals surface area contributed by atoms with Gasteiger partial charge in [0.2, 0.25) is 17.8 Å². The molecule has 3 heterocycles. The number of imide groups is 1. The molecule has 1 atom stereocenters. The fourth-order valence-corrected chi connectivity index (χ4v) is 5.27. The molecule has 0 spiro atoms. The molecule has 1 aromatic heterocycles. The van der Waals surface area contributed by atoms with Gasteiger partial charge in [-0.3, -0.25) is 19.7 Å². The van der Waals surface area contributed by atoms with Gasteiger partial charge in [0.15, 0.2) is 0 Å². The van der Waals surface area contributed by atoms with E-state index in [-0.39, 0.29) is 24.8 Å². The predicted octanol–water partition coefficient (Wildman–Crippen LogP) is 3.60. The maximum atomic E-state index is 13.1. The lowest BCUT2D eigenvalue weighted by atomic mass is 9.91. The highest BCUT2D eigenvalue weighted by Gasteiger charge is 2.39. The number of aromatic nitrogens is 2. The van der Waals surface area contributed by atoms with E-state index in [1.54, 1.807) is 29.3 Å². The van der Waals surface area contributed by atoms with Crippen LogP contribution < -0.4 is 16.0 Å². The second kappa shape index (κ2) is 9.07. The van der Waals surface area contributed by atoms with E-state index >= 15 is 0 Å². The molecule has 3 amide bonds. The molecule has 9 heteroatoms. The molecule has 0 bridgehead atoms. The number of benzene rings is 2. The molecule has 1 fully saturated rings. The number of amides is 3. The molecule has 2 aliphatic heterocycles. The van der Waals surface area contributed by atoms with Crippen LogP contribution in [0.4, 0.5) is 23.1 Å². The van der Waals surface area contributed by atoms with E-state index in [0.29, 0.717) is 23.8 Å². The first-order valence-corrected chi connectivity index (χ1v) is 12.3. The van der Waals surface area contributed by atoms with Crippen LogP contribution in [0, 0.1) is 0 Å². The first kappa shape index (κ1) is 22.2. The van der Waals surface area contributed by atoms with E-state index in [9.17, 15) is 14.4 Å². The third-order valence-electron chi connectivity index (χ3n) is 7.11. The van der Waals surface area contributed by atoms with Gasteiger partial charge in [0.05, 0.1) is 0 Å². The number of hydrogen-bond donors (Lipinski definition) is 3. The molecule has 182 valence electrons. The van der Waals surface area contributed by atoms with Crippen LogP contribution in [-0.4, -0.2) is 38.6 Å². The van der Waals surface area contributed by atoms with Crippen molar-refractivity contribution >= 4 is 40.9 Å². The monoisotopic (exact) mass is 482 g/mol. The summed E-state index contributed by atoms with van der Waals surface area (Å²) < 4.78 is 0. The van der Waals surface area contributed by atoms with E-state index in [0.717, 1.165) is 29.8 Å². The topological polar surface area (TPSA) is 116 Å². The summed E-state index contributed by atoms with van der Waals surface area (Å²) in [5, 5.41) is 8.96. The van der Waals surface area contributed by atoms with E-state index in [1.807, 2.05) is 6.07 Å². The minimum absolute atomic E-state index is 0.208. The van der Waals surface area contributed by atoms with Crippen LogP contribution in [0.5, 0.6) is 0 Å². The molecular weight excluding hydrogens is 456 g/mol.